The predicted octanol–water partition coefficient (Wildman–Crippen LogP) is 0.324. The predicted molar refractivity (Wildman–Crippen MR) is 72.6 cm³/mol. The lowest BCUT2D eigenvalue weighted by Gasteiger charge is -2.27. The maximum atomic E-state index is 13.4. The molecule has 4 N–H and O–H groups in total. The SMILES string of the molecule is O=C(/C=C/c1c(F)cccc1Cl)NC(CO)(CO)CO. The number of hydrogen-bond donors (Lipinski definition) is 4. The molecule has 1 amide bonds. The van der Waals surface area contributed by atoms with Crippen molar-refractivity contribution >= 4 is 23.6 Å². The van der Waals surface area contributed by atoms with Gasteiger partial charge in [-0.25, -0.2) is 4.39 Å². The lowest BCUT2D eigenvalue weighted by Crippen LogP contribution is -2.56. The number of aliphatic hydroxyl groups excluding tert-OH is 3. The Bertz CT molecular complexity index is 475. The molecule has 0 saturated carbocycles. The zero-order valence-corrected chi connectivity index (χ0v) is 11.3. The van der Waals surface area contributed by atoms with E-state index < -0.39 is 37.1 Å². The highest BCUT2D eigenvalue weighted by Gasteiger charge is 2.29. The smallest absolute Gasteiger partial charge is 0.244 e. The van der Waals surface area contributed by atoms with Crippen molar-refractivity contribution in [2.24, 2.45) is 0 Å². The van der Waals surface area contributed by atoms with Gasteiger partial charge in [-0.05, 0) is 18.2 Å². The van der Waals surface area contributed by atoms with Crippen LogP contribution < -0.4 is 5.32 Å². The molecule has 1 aromatic carbocycles. The van der Waals surface area contributed by atoms with Crippen molar-refractivity contribution in [1.82, 2.24) is 5.32 Å². The van der Waals surface area contributed by atoms with Crippen LogP contribution in [0.5, 0.6) is 0 Å². The van der Waals surface area contributed by atoms with Crippen LogP contribution in [0.3, 0.4) is 0 Å². The minimum Gasteiger partial charge on any atom is -0.394 e. The second-order valence-electron chi connectivity index (χ2n) is 4.21. The van der Waals surface area contributed by atoms with E-state index in [-0.39, 0.29) is 10.6 Å². The number of amides is 1. The van der Waals surface area contributed by atoms with Crippen molar-refractivity contribution in [3.63, 3.8) is 0 Å². The maximum absolute atomic E-state index is 13.4. The van der Waals surface area contributed by atoms with E-state index in [1.54, 1.807) is 0 Å². The number of nitrogens with one attached hydrogen (secondary N) is 1. The molecule has 0 fully saturated rings. The summed E-state index contributed by atoms with van der Waals surface area (Å²) in [6.07, 6.45) is 2.17. The molecular formula is C13H15ClFNO4. The van der Waals surface area contributed by atoms with Gasteiger partial charge in [0.2, 0.25) is 5.91 Å². The molecule has 0 bridgehead atoms. The quantitative estimate of drug-likeness (QED) is 0.570. The van der Waals surface area contributed by atoms with Crippen LogP contribution in [-0.2, 0) is 4.79 Å². The lowest BCUT2D eigenvalue weighted by atomic mass is 10.0. The summed E-state index contributed by atoms with van der Waals surface area (Å²) in [4.78, 5) is 11.6. The summed E-state index contributed by atoms with van der Waals surface area (Å²) < 4.78 is 13.4. The standard InChI is InChI=1S/C13H15ClFNO4/c14-10-2-1-3-11(15)9(10)4-5-12(20)16-13(6-17,7-18)8-19/h1-5,17-19H,6-8H2,(H,16,20)/b5-4+. The maximum Gasteiger partial charge on any atom is 0.244 e. The van der Waals surface area contributed by atoms with Crippen molar-refractivity contribution in [1.29, 1.82) is 0 Å². The number of halogens is 2. The molecule has 0 unspecified atom stereocenters. The van der Waals surface area contributed by atoms with E-state index in [4.69, 9.17) is 26.9 Å². The van der Waals surface area contributed by atoms with Crippen LogP contribution in [0.25, 0.3) is 6.08 Å². The summed E-state index contributed by atoms with van der Waals surface area (Å²) in [7, 11) is 0. The van der Waals surface area contributed by atoms with Gasteiger partial charge in [-0.2, -0.15) is 0 Å². The van der Waals surface area contributed by atoms with Crippen molar-refractivity contribution in [3.05, 3.63) is 40.7 Å². The summed E-state index contributed by atoms with van der Waals surface area (Å²) in [6.45, 7) is -1.92. The molecule has 1 aromatic rings. The molecule has 0 saturated heterocycles. The highest BCUT2D eigenvalue weighted by molar-refractivity contribution is 6.32. The summed E-state index contributed by atoms with van der Waals surface area (Å²) in [6, 6.07) is 4.11. The number of benzene rings is 1. The molecule has 0 atom stereocenters. The molecule has 0 aliphatic rings. The Morgan fingerprint density at radius 1 is 1.30 bits per heavy atom. The molecule has 0 spiro atoms. The van der Waals surface area contributed by atoms with Gasteiger partial charge in [-0.15, -0.1) is 0 Å². The average Bonchev–Trinajstić information content (AvgIpc) is 2.44. The molecule has 0 aliphatic heterocycles. The third-order valence-electron chi connectivity index (χ3n) is 2.70. The zero-order valence-electron chi connectivity index (χ0n) is 10.5. The minimum atomic E-state index is -1.53. The van der Waals surface area contributed by atoms with Gasteiger partial charge in [0, 0.05) is 11.6 Å². The van der Waals surface area contributed by atoms with E-state index in [2.05, 4.69) is 5.32 Å². The molecule has 110 valence electrons. The van der Waals surface area contributed by atoms with Gasteiger partial charge in [-0.1, -0.05) is 17.7 Å². The highest BCUT2D eigenvalue weighted by atomic mass is 35.5. The first-order valence-corrected chi connectivity index (χ1v) is 6.12. The first kappa shape index (κ1) is 16.6. The van der Waals surface area contributed by atoms with E-state index in [1.807, 2.05) is 0 Å². The van der Waals surface area contributed by atoms with Gasteiger partial charge in [0.05, 0.1) is 24.8 Å². The van der Waals surface area contributed by atoms with Crippen LogP contribution in [0.15, 0.2) is 24.3 Å². The van der Waals surface area contributed by atoms with E-state index in [0.29, 0.717) is 0 Å². The largest absolute Gasteiger partial charge is 0.394 e. The van der Waals surface area contributed by atoms with Gasteiger partial charge in [0.25, 0.3) is 0 Å². The average molecular weight is 304 g/mol. The molecule has 0 aromatic heterocycles. The van der Waals surface area contributed by atoms with Crippen LogP contribution >= 0.6 is 11.6 Å². The molecule has 0 radical (unpaired) electrons. The minimum absolute atomic E-state index is 0.0481. The monoisotopic (exact) mass is 303 g/mol. The normalized spacial score (nSPS) is 11.8. The van der Waals surface area contributed by atoms with Crippen molar-refractivity contribution in [3.8, 4) is 0 Å². The molecule has 7 heteroatoms. The van der Waals surface area contributed by atoms with Gasteiger partial charge in [0.1, 0.15) is 11.4 Å². The number of carbonyl (C=O) groups excluding carboxylic acids is 1. The van der Waals surface area contributed by atoms with Crippen LogP contribution in [0.2, 0.25) is 5.02 Å². The van der Waals surface area contributed by atoms with Crippen molar-refractivity contribution < 1.29 is 24.5 Å². The Morgan fingerprint density at radius 2 is 1.90 bits per heavy atom. The Kier molecular flexibility index (Phi) is 6.09. The van der Waals surface area contributed by atoms with Crippen molar-refractivity contribution in [2.45, 2.75) is 5.54 Å². The fourth-order valence-electron chi connectivity index (χ4n) is 1.40. The molecule has 0 aliphatic carbocycles. The third kappa shape index (κ3) is 4.01. The fourth-order valence-corrected chi connectivity index (χ4v) is 1.63. The Morgan fingerprint density at radius 3 is 2.40 bits per heavy atom. The highest BCUT2D eigenvalue weighted by Crippen LogP contribution is 2.20. The second-order valence-corrected chi connectivity index (χ2v) is 4.62. The fraction of sp³-hybridized carbons (Fsp3) is 0.308. The van der Waals surface area contributed by atoms with Crippen LogP contribution in [0.1, 0.15) is 5.56 Å². The Labute approximate surface area is 120 Å². The van der Waals surface area contributed by atoms with E-state index in [1.165, 1.54) is 24.3 Å². The van der Waals surface area contributed by atoms with Crippen LogP contribution in [-0.4, -0.2) is 46.6 Å². The Hall–Kier alpha value is -1.47. The topological polar surface area (TPSA) is 89.8 Å². The van der Waals surface area contributed by atoms with Gasteiger partial charge in [0.15, 0.2) is 0 Å². The summed E-state index contributed by atoms with van der Waals surface area (Å²) in [5, 5.41) is 29.6. The molecular weight excluding hydrogens is 289 g/mol. The lowest BCUT2D eigenvalue weighted by molar-refractivity contribution is -0.120. The second kappa shape index (κ2) is 7.35. The third-order valence-corrected chi connectivity index (χ3v) is 3.03. The van der Waals surface area contributed by atoms with Crippen molar-refractivity contribution in [2.75, 3.05) is 19.8 Å². The molecule has 20 heavy (non-hydrogen) atoms. The first-order chi connectivity index (χ1) is 9.48. The molecule has 5 nitrogen and oxygen atoms in total. The van der Waals surface area contributed by atoms with Crippen LogP contribution in [0.4, 0.5) is 4.39 Å². The zero-order chi connectivity index (χ0) is 15.2. The Balaban J connectivity index is 2.83. The van der Waals surface area contributed by atoms with E-state index in [9.17, 15) is 9.18 Å². The number of aliphatic hydroxyl groups is 3. The first-order valence-electron chi connectivity index (χ1n) is 5.75. The van der Waals surface area contributed by atoms with Gasteiger partial charge < -0.3 is 20.6 Å². The number of rotatable bonds is 6. The molecule has 0 heterocycles. The van der Waals surface area contributed by atoms with E-state index in [0.717, 1.165) is 6.08 Å². The summed E-state index contributed by atoms with van der Waals surface area (Å²) in [5.41, 5.74) is -1.48. The number of carbonyl (C=O) groups is 1. The number of hydrogen-bond acceptors (Lipinski definition) is 4. The van der Waals surface area contributed by atoms with E-state index >= 15 is 0 Å². The summed E-state index contributed by atoms with van der Waals surface area (Å²) in [5.74, 6) is -1.29. The van der Waals surface area contributed by atoms with Crippen LogP contribution in [0, 0.1) is 5.82 Å². The summed E-state index contributed by atoms with van der Waals surface area (Å²) >= 11 is 5.78. The van der Waals surface area contributed by atoms with Gasteiger partial charge in [-0.3, -0.25) is 4.79 Å². The molecule has 1 rings (SSSR count). The van der Waals surface area contributed by atoms with Gasteiger partial charge >= 0.3 is 0 Å².